The molecule has 0 bridgehead atoms. The van der Waals surface area contributed by atoms with Gasteiger partial charge in [0.15, 0.2) is 16.2 Å². The van der Waals surface area contributed by atoms with E-state index >= 15 is 0 Å². The Hall–Kier alpha value is -1.49. The average Bonchev–Trinajstić information content (AvgIpc) is 2.83. The van der Waals surface area contributed by atoms with Crippen molar-refractivity contribution >= 4 is 21.9 Å². The van der Waals surface area contributed by atoms with Gasteiger partial charge in [0.1, 0.15) is 5.56 Å². The van der Waals surface area contributed by atoms with Crippen LogP contribution in [0.3, 0.4) is 0 Å². The smallest absolute Gasteiger partial charge is 0.340 e. The van der Waals surface area contributed by atoms with Crippen LogP contribution in [0.15, 0.2) is 31.9 Å². The number of hydrogen-bond acceptors (Lipinski definition) is 3. The Morgan fingerprint density at radius 2 is 2.31 bits per heavy atom. The normalized spacial score (nSPS) is 10.6. The van der Waals surface area contributed by atoms with Crippen molar-refractivity contribution in [3.8, 4) is 11.5 Å². The van der Waals surface area contributed by atoms with Crippen LogP contribution in [0, 0.1) is 0 Å². The summed E-state index contributed by atoms with van der Waals surface area (Å²) in [4.78, 5) is 11.2. The van der Waals surface area contributed by atoms with E-state index in [1.54, 1.807) is 12.1 Å². The topological polar surface area (TPSA) is 63.6 Å². The number of halogens is 1. The second-order valence-corrected chi connectivity index (χ2v) is 3.91. The monoisotopic (exact) mass is 284 g/mol. The van der Waals surface area contributed by atoms with Crippen molar-refractivity contribution in [1.82, 2.24) is 0 Å². The third-order valence-electron chi connectivity index (χ3n) is 2.27. The zero-order valence-electron chi connectivity index (χ0n) is 8.49. The predicted molar refractivity (Wildman–Crippen MR) is 60.4 cm³/mol. The lowest BCUT2D eigenvalue weighted by Gasteiger charge is -1.96. The quantitative estimate of drug-likeness (QED) is 0.936. The summed E-state index contributed by atoms with van der Waals surface area (Å²) in [5.41, 5.74) is 0.795. The lowest BCUT2D eigenvalue weighted by molar-refractivity contribution is 0.0696. The van der Waals surface area contributed by atoms with E-state index in [4.69, 9.17) is 13.9 Å². The average molecular weight is 285 g/mol. The van der Waals surface area contributed by atoms with E-state index in [9.17, 15) is 4.79 Å². The molecule has 0 atom stereocenters. The number of rotatable bonds is 3. The maximum atomic E-state index is 11.2. The van der Waals surface area contributed by atoms with Gasteiger partial charge >= 0.3 is 5.97 Å². The highest BCUT2D eigenvalue weighted by Crippen LogP contribution is 2.35. The van der Waals surface area contributed by atoms with Gasteiger partial charge in [-0.05, 0) is 34.5 Å². The molecule has 2 aromatic heterocycles. The van der Waals surface area contributed by atoms with Gasteiger partial charge in [-0.1, -0.05) is 6.92 Å². The summed E-state index contributed by atoms with van der Waals surface area (Å²) in [6, 6.07) is 3.35. The number of carbonyl (C=O) groups is 1. The van der Waals surface area contributed by atoms with Gasteiger partial charge in [-0.15, -0.1) is 0 Å². The number of carboxylic acids is 1. The number of aromatic carboxylic acids is 1. The summed E-state index contributed by atoms with van der Waals surface area (Å²) in [5.74, 6) is -0.350. The second kappa shape index (κ2) is 4.17. The van der Waals surface area contributed by atoms with Gasteiger partial charge in [0.25, 0.3) is 0 Å². The fourth-order valence-electron chi connectivity index (χ4n) is 1.56. The SMILES string of the molecule is CCc1c(Br)oc(-c2ccco2)c1C(=O)O. The first-order valence-corrected chi connectivity index (χ1v) is 5.52. The molecule has 0 aliphatic heterocycles. The molecule has 0 radical (unpaired) electrons. The molecule has 16 heavy (non-hydrogen) atoms. The Bertz CT molecular complexity index is 510. The summed E-state index contributed by atoms with van der Waals surface area (Å²) in [5, 5.41) is 9.17. The summed E-state index contributed by atoms with van der Waals surface area (Å²) in [6.45, 7) is 1.87. The molecule has 0 saturated heterocycles. The van der Waals surface area contributed by atoms with Crippen molar-refractivity contribution in [3.63, 3.8) is 0 Å². The van der Waals surface area contributed by atoms with Crippen LogP contribution in [0.4, 0.5) is 0 Å². The van der Waals surface area contributed by atoms with Crippen LogP contribution >= 0.6 is 15.9 Å². The van der Waals surface area contributed by atoms with Crippen LogP contribution in [-0.2, 0) is 6.42 Å². The maximum absolute atomic E-state index is 11.2. The molecule has 0 aliphatic rings. The van der Waals surface area contributed by atoms with Gasteiger partial charge in [0.2, 0.25) is 0 Å². The Balaban J connectivity index is 2.66. The molecular formula is C11H9BrO4. The lowest BCUT2D eigenvalue weighted by Crippen LogP contribution is -2.00. The minimum Gasteiger partial charge on any atom is -0.478 e. The fourth-order valence-corrected chi connectivity index (χ4v) is 2.20. The van der Waals surface area contributed by atoms with Crippen molar-refractivity contribution in [1.29, 1.82) is 0 Å². The Morgan fingerprint density at radius 1 is 1.56 bits per heavy atom. The van der Waals surface area contributed by atoms with E-state index in [-0.39, 0.29) is 11.3 Å². The van der Waals surface area contributed by atoms with E-state index in [1.165, 1.54) is 6.26 Å². The van der Waals surface area contributed by atoms with Crippen LogP contribution < -0.4 is 0 Å². The van der Waals surface area contributed by atoms with E-state index in [2.05, 4.69) is 15.9 Å². The lowest BCUT2D eigenvalue weighted by atomic mass is 10.1. The van der Waals surface area contributed by atoms with Gasteiger partial charge in [0, 0.05) is 5.56 Å². The van der Waals surface area contributed by atoms with E-state index < -0.39 is 5.97 Å². The number of carboxylic acid groups (broad SMARTS) is 1. The molecule has 2 rings (SSSR count). The molecule has 0 aliphatic carbocycles. The first-order valence-electron chi connectivity index (χ1n) is 4.73. The molecule has 0 fully saturated rings. The van der Waals surface area contributed by atoms with Crippen LogP contribution in [0.5, 0.6) is 0 Å². The minimum absolute atomic E-state index is 0.157. The zero-order chi connectivity index (χ0) is 11.7. The minimum atomic E-state index is -1.02. The highest BCUT2D eigenvalue weighted by atomic mass is 79.9. The van der Waals surface area contributed by atoms with Crippen molar-refractivity contribution in [2.24, 2.45) is 0 Å². The van der Waals surface area contributed by atoms with Crippen molar-refractivity contribution < 1.29 is 18.7 Å². The third-order valence-corrected chi connectivity index (χ3v) is 2.91. The first-order chi connectivity index (χ1) is 7.65. The molecule has 4 nitrogen and oxygen atoms in total. The summed E-state index contributed by atoms with van der Waals surface area (Å²) >= 11 is 3.21. The fraction of sp³-hybridized carbons (Fsp3) is 0.182. The van der Waals surface area contributed by atoms with Crippen molar-refractivity contribution in [2.75, 3.05) is 0 Å². The van der Waals surface area contributed by atoms with Gasteiger partial charge in [-0.2, -0.15) is 0 Å². The number of furan rings is 2. The van der Waals surface area contributed by atoms with E-state index in [0.717, 1.165) is 0 Å². The molecule has 2 heterocycles. The van der Waals surface area contributed by atoms with E-state index in [1.807, 2.05) is 6.92 Å². The van der Waals surface area contributed by atoms with Crippen molar-refractivity contribution in [2.45, 2.75) is 13.3 Å². The van der Waals surface area contributed by atoms with Crippen LogP contribution in [0.2, 0.25) is 0 Å². The molecule has 0 aromatic carbocycles. The molecule has 2 aromatic rings. The van der Waals surface area contributed by atoms with E-state index in [0.29, 0.717) is 22.4 Å². The maximum Gasteiger partial charge on any atom is 0.340 e. The van der Waals surface area contributed by atoms with Crippen LogP contribution in [0.1, 0.15) is 22.8 Å². The first kappa shape index (κ1) is 11.0. The molecule has 0 spiro atoms. The molecule has 0 saturated carbocycles. The van der Waals surface area contributed by atoms with Gasteiger partial charge in [-0.25, -0.2) is 4.79 Å². The number of hydrogen-bond donors (Lipinski definition) is 1. The van der Waals surface area contributed by atoms with Gasteiger partial charge < -0.3 is 13.9 Å². The van der Waals surface area contributed by atoms with Crippen LogP contribution in [-0.4, -0.2) is 11.1 Å². The molecular weight excluding hydrogens is 276 g/mol. The summed E-state index contributed by atoms with van der Waals surface area (Å²) in [6.07, 6.45) is 2.05. The second-order valence-electron chi connectivity index (χ2n) is 3.19. The van der Waals surface area contributed by atoms with Gasteiger partial charge in [0.05, 0.1) is 6.26 Å². The highest BCUT2D eigenvalue weighted by molar-refractivity contribution is 9.10. The molecule has 84 valence electrons. The standard InChI is InChI=1S/C11H9BrO4/c1-2-6-8(11(13)14)9(16-10(6)12)7-4-3-5-15-7/h3-5H,2H2,1H3,(H,13,14). The summed E-state index contributed by atoms with van der Waals surface area (Å²) < 4.78 is 11.0. The third kappa shape index (κ3) is 1.67. The largest absolute Gasteiger partial charge is 0.478 e. The Labute approximate surface area is 100.0 Å². The molecule has 1 N–H and O–H groups in total. The molecule has 0 amide bonds. The zero-order valence-corrected chi connectivity index (χ0v) is 10.1. The van der Waals surface area contributed by atoms with Gasteiger partial charge in [-0.3, -0.25) is 0 Å². The summed E-state index contributed by atoms with van der Waals surface area (Å²) in [7, 11) is 0. The molecule has 0 unspecified atom stereocenters. The van der Waals surface area contributed by atoms with Crippen molar-refractivity contribution in [3.05, 3.63) is 34.2 Å². The van der Waals surface area contributed by atoms with Crippen LogP contribution in [0.25, 0.3) is 11.5 Å². The predicted octanol–water partition coefficient (Wildman–Crippen LogP) is 3.56. The Morgan fingerprint density at radius 3 is 2.81 bits per heavy atom. The Kier molecular flexibility index (Phi) is 2.87. The highest BCUT2D eigenvalue weighted by Gasteiger charge is 2.25. The molecule has 5 heteroatoms.